The molecule has 0 aromatic carbocycles. The summed E-state index contributed by atoms with van der Waals surface area (Å²) in [6.45, 7) is 1.89. The van der Waals surface area contributed by atoms with Crippen LogP contribution in [0.25, 0.3) is 0 Å². The lowest BCUT2D eigenvalue weighted by Gasteiger charge is -2.26. The van der Waals surface area contributed by atoms with Crippen molar-refractivity contribution in [1.29, 1.82) is 0 Å². The van der Waals surface area contributed by atoms with Gasteiger partial charge in [-0.3, -0.25) is 4.79 Å². The number of sulfonamides is 1. The minimum Gasteiger partial charge on any atom is -0.341 e. The number of hydrogen-bond acceptors (Lipinski definition) is 5. The Morgan fingerprint density at radius 1 is 1.27 bits per heavy atom. The molecular weight excluding hydrogens is 306 g/mol. The van der Waals surface area contributed by atoms with Gasteiger partial charge in [0, 0.05) is 13.1 Å². The molecule has 1 N–H and O–H groups in total. The highest BCUT2D eigenvalue weighted by Crippen LogP contribution is 2.27. The SMILES string of the molecule is O=C(Cn1cc(CNS(=O)(=O)C2CC2)nn1)N1CCCCC1. The van der Waals surface area contributed by atoms with Crippen LogP contribution < -0.4 is 4.72 Å². The van der Waals surface area contributed by atoms with Crippen molar-refractivity contribution in [2.75, 3.05) is 13.1 Å². The van der Waals surface area contributed by atoms with Crippen molar-refractivity contribution in [3.63, 3.8) is 0 Å². The van der Waals surface area contributed by atoms with Gasteiger partial charge in [-0.2, -0.15) is 0 Å². The Morgan fingerprint density at radius 3 is 2.68 bits per heavy atom. The fourth-order valence-corrected chi connectivity index (χ4v) is 3.89. The third-order valence-corrected chi connectivity index (χ3v) is 5.91. The molecule has 1 aliphatic carbocycles. The fourth-order valence-electron chi connectivity index (χ4n) is 2.55. The zero-order valence-corrected chi connectivity index (χ0v) is 13.3. The molecule has 1 aliphatic heterocycles. The van der Waals surface area contributed by atoms with Gasteiger partial charge in [0.2, 0.25) is 15.9 Å². The Balaban J connectivity index is 1.51. The topological polar surface area (TPSA) is 97.2 Å². The van der Waals surface area contributed by atoms with E-state index in [-0.39, 0.29) is 24.2 Å². The van der Waals surface area contributed by atoms with Crippen molar-refractivity contribution >= 4 is 15.9 Å². The second-order valence-corrected chi connectivity index (χ2v) is 7.96. The van der Waals surface area contributed by atoms with Gasteiger partial charge in [-0.15, -0.1) is 5.10 Å². The van der Waals surface area contributed by atoms with Gasteiger partial charge >= 0.3 is 0 Å². The van der Waals surface area contributed by atoms with E-state index < -0.39 is 10.0 Å². The quantitative estimate of drug-likeness (QED) is 0.785. The highest BCUT2D eigenvalue weighted by Gasteiger charge is 2.35. The molecule has 1 amide bonds. The minimum atomic E-state index is -3.22. The molecule has 2 aliphatic rings. The molecule has 0 unspecified atom stereocenters. The zero-order valence-electron chi connectivity index (χ0n) is 12.4. The molecule has 1 saturated heterocycles. The van der Waals surface area contributed by atoms with E-state index in [1.807, 2.05) is 4.90 Å². The Bertz CT molecular complexity index is 632. The second kappa shape index (κ2) is 6.33. The summed E-state index contributed by atoms with van der Waals surface area (Å²) in [6, 6.07) is 0. The molecule has 2 fully saturated rings. The smallest absolute Gasteiger partial charge is 0.244 e. The van der Waals surface area contributed by atoms with Gasteiger partial charge in [0.15, 0.2) is 0 Å². The number of piperidine rings is 1. The molecule has 2 heterocycles. The predicted molar refractivity (Wildman–Crippen MR) is 79.2 cm³/mol. The van der Waals surface area contributed by atoms with Crippen LogP contribution in [0.4, 0.5) is 0 Å². The number of carbonyl (C=O) groups is 1. The number of likely N-dealkylation sites (tertiary alicyclic amines) is 1. The number of aromatic nitrogens is 3. The third-order valence-electron chi connectivity index (χ3n) is 4.01. The highest BCUT2D eigenvalue weighted by atomic mass is 32.2. The van der Waals surface area contributed by atoms with Crippen LogP contribution in [-0.2, 0) is 27.9 Å². The molecule has 22 heavy (non-hydrogen) atoms. The van der Waals surface area contributed by atoms with Crippen LogP contribution in [0.15, 0.2) is 6.20 Å². The van der Waals surface area contributed by atoms with E-state index in [0.29, 0.717) is 5.69 Å². The third kappa shape index (κ3) is 3.83. The molecule has 0 atom stereocenters. The number of amides is 1. The molecule has 0 bridgehead atoms. The van der Waals surface area contributed by atoms with Crippen LogP contribution >= 0.6 is 0 Å². The van der Waals surface area contributed by atoms with Gasteiger partial charge in [0.05, 0.1) is 23.7 Å². The maximum Gasteiger partial charge on any atom is 0.244 e. The van der Waals surface area contributed by atoms with E-state index in [1.54, 1.807) is 6.20 Å². The monoisotopic (exact) mass is 327 g/mol. The minimum absolute atomic E-state index is 0.0368. The van der Waals surface area contributed by atoms with Crippen LogP contribution in [0, 0.1) is 0 Å². The summed E-state index contributed by atoms with van der Waals surface area (Å²) < 4.78 is 27.5. The van der Waals surface area contributed by atoms with Crippen LogP contribution in [0.3, 0.4) is 0 Å². The average molecular weight is 327 g/mol. The van der Waals surface area contributed by atoms with E-state index in [1.165, 1.54) is 11.1 Å². The number of carbonyl (C=O) groups excluding carboxylic acids is 1. The van der Waals surface area contributed by atoms with E-state index in [4.69, 9.17) is 0 Å². The summed E-state index contributed by atoms with van der Waals surface area (Å²) >= 11 is 0. The molecule has 1 saturated carbocycles. The molecule has 3 rings (SSSR count). The van der Waals surface area contributed by atoms with Gasteiger partial charge in [0.25, 0.3) is 0 Å². The predicted octanol–water partition coefficient (Wildman–Crippen LogP) is -0.128. The van der Waals surface area contributed by atoms with Crippen LogP contribution in [0.1, 0.15) is 37.8 Å². The first-order valence-electron chi connectivity index (χ1n) is 7.70. The summed E-state index contributed by atoms with van der Waals surface area (Å²) in [5.41, 5.74) is 0.524. The Kier molecular flexibility index (Phi) is 4.44. The van der Waals surface area contributed by atoms with Crippen molar-refractivity contribution in [2.24, 2.45) is 0 Å². The van der Waals surface area contributed by atoms with E-state index in [9.17, 15) is 13.2 Å². The lowest BCUT2D eigenvalue weighted by atomic mass is 10.1. The van der Waals surface area contributed by atoms with Gasteiger partial charge in [-0.25, -0.2) is 17.8 Å². The fraction of sp³-hybridized carbons (Fsp3) is 0.769. The molecule has 122 valence electrons. The van der Waals surface area contributed by atoms with Crippen molar-refractivity contribution in [2.45, 2.75) is 50.4 Å². The normalized spacial score (nSPS) is 19.4. The number of nitrogens with one attached hydrogen (secondary N) is 1. The lowest BCUT2D eigenvalue weighted by Crippen LogP contribution is -2.37. The molecular formula is C13H21N5O3S. The second-order valence-electron chi connectivity index (χ2n) is 5.91. The largest absolute Gasteiger partial charge is 0.341 e. The average Bonchev–Trinajstić information content (AvgIpc) is 3.29. The Morgan fingerprint density at radius 2 is 2.00 bits per heavy atom. The van der Waals surface area contributed by atoms with Gasteiger partial charge < -0.3 is 4.90 Å². The van der Waals surface area contributed by atoms with Crippen molar-refractivity contribution < 1.29 is 13.2 Å². The molecule has 1 aromatic heterocycles. The highest BCUT2D eigenvalue weighted by molar-refractivity contribution is 7.90. The van der Waals surface area contributed by atoms with E-state index in [0.717, 1.165) is 38.8 Å². The summed E-state index contributed by atoms with van der Waals surface area (Å²) in [6.07, 6.45) is 6.36. The van der Waals surface area contributed by atoms with Crippen molar-refractivity contribution in [3.8, 4) is 0 Å². The van der Waals surface area contributed by atoms with Crippen molar-refractivity contribution in [3.05, 3.63) is 11.9 Å². The first-order valence-corrected chi connectivity index (χ1v) is 9.24. The number of rotatable bonds is 6. The molecule has 8 nitrogen and oxygen atoms in total. The Hall–Kier alpha value is -1.48. The zero-order chi connectivity index (χ0) is 15.6. The standard InChI is InChI=1S/C13H21N5O3S/c19-13(17-6-2-1-3-7-17)10-18-9-11(15-16-18)8-14-22(20,21)12-4-5-12/h9,12,14H,1-8,10H2. The molecule has 1 aromatic rings. The van der Waals surface area contributed by atoms with Gasteiger partial charge in [-0.05, 0) is 32.1 Å². The number of nitrogens with zero attached hydrogens (tertiary/aromatic N) is 4. The maximum atomic E-state index is 12.1. The first kappa shape index (κ1) is 15.4. The van der Waals surface area contributed by atoms with Crippen LogP contribution in [0.2, 0.25) is 0 Å². The van der Waals surface area contributed by atoms with Crippen LogP contribution in [-0.4, -0.2) is 52.6 Å². The number of hydrogen-bond donors (Lipinski definition) is 1. The van der Waals surface area contributed by atoms with Gasteiger partial charge in [0.1, 0.15) is 6.54 Å². The van der Waals surface area contributed by atoms with Crippen LogP contribution in [0.5, 0.6) is 0 Å². The van der Waals surface area contributed by atoms with E-state index in [2.05, 4.69) is 15.0 Å². The summed E-state index contributed by atoms with van der Waals surface area (Å²) in [5.74, 6) is 0.0368. The first-order chi connectivity index (χ1) is 10.5. The molecule has 0 spiro atoms. The van der Waals surface area contributed by atoms with Crippen molar-refractivity contribution in [1.82, 2.24) is 24.6 Å². The summed E-state index contributed by atoms with van der Waals surface area (Å²) in [5, 5.41) is 7.56. The molecule has 9 heteroatoms. The maximum absolute atomic E-state index is 12.1. The summed E-state index contributed by atoms with van der Waals surface area (Å²) in [7, 11) is -3.22. The molecule has 0 radical (unpaired) electrons. The summed E-state index contributed by atoms with van der Waals surface area (Å²) in [4.78, 5) is 14.0. The lowest BCUT2D eigenvalue weighted by molar-refractivity contribution is -0.132. The van der Waals surface area contributed by atoms with E-state index >= 15 is 0 Å². The Labute approximate surface area is 129 Å². The van der Waals surface area contributed by atoms with Gasteiger partial charge in [-0.1, -0.05) is 5.21 Å².